The zero-order valence-corrected chi connectivity index (χ0v) is 15.7. The fourth-order valence-electron chi connectivity index (χ4n) is 3.49. The van der Waals surface area contributed by atoms with Crippen LogP contribution in [0.1, 0.15) is 35.7 Å². The van der Waals surface area contributed by atoms with Crippen molar-refractivity contribution in [3.8, 4) is 6.07 Å². The average Bonchev–Trinajstić information content (AvgIpc) is 3.17. The fraction of sp³-hybridized carbons (Fsp3) is 0.368. The number of aromatic nitrogens is 2. The van der Waals surface area contributed by atoms with Crippen LogP contribution in [0.3, 0.4) is 0 Å². The molecule has 1 N–H and O–H groups in total. The van der Waals surface area contributed by atoms with Gasteiger partial charge in [-0.1, -0.05) is 30.4 Å². The maximum atomic E-state index is 12.5. The van der Waals surface area contributed by atoms with Crippen molar-refractivity contribution < 1.29 is 8.42 Å². The lowest BCUT2D eigenvalue weighted by Gasteiger charge is -2.15. The predicted molar refractivity (Wildman–Crippen MR) is 99.0 cm³/mol. The molecule has 0 amide bonds. The van der Waals surface area contributed by atoms with Crippen LogP contribution in [0, 0.1) is 25.2 Å². The molecule has 0 aliphatic heterocycles. The van der Waals surface area contributed by atoms with Gasteiger partial charge in [-0.15, -0.1) is 0 Å². The highest BCUT2D eigenvalue weighted by Crippen LogP contribution is 2.33. The number of hydrogen-bond donors (Lipinski definition) is 1. The van der Waals surface area contributed by atoms with E-state index in [4.69, 9.17) is 5.26 Å². The molecule has 7 heteroatoms. The van der Waals surface area contributed by atoms with Crippen molar-refractivity contribution in [2.75, 3.05) is 0 Å². The van der Waals surface area contributed by atoms with E-state index >= 15 is 0 Å². The van der Waals surface area contributed by atoms with Gasteiger partial charge in [-0.2, -0.15) is 10.4 Å². The van der Waals surface area contributed by atoms with Crippen LogP contribution >= 0.6 is 0 Å². The van der Waals surface area contributed by atoms with E-state index in [9.17, 15) is 8.42 Å². The van der Waals surface area contributed by atoms with Crippen molar-refractivity contribution in [2.45, 2.75) is 50.1 Å². The van der Waals surface area contributed by atoms with Gasteiger partial charge in [-0.3, -0.25) is 4.68 Å². The molecule has 0 bridgehead atoms. The molecule has 2 atom stereocenters. The second-order valence-electron chi connectivity index (χ2n) is 6.48. The number of aryl methyl sites for hydroxylation is 2. The van der Waals surface area contributed by atoms with Gasteiger partial charge in [0.25, 0.3) is 0 Å². The van der Waals surface area contributed by atoms with Gasteiger partial charge in [-0.25, -0.2) is 13.1 Å². The quantitative estimate of drug-likeness (QED) is 0.792. The predicted octanol–water partition coefficient (Wildman–Crippen LogP) is 2.80. The molecule has 0 fully saturated rings. The second-order valence-corrected chi connectivity index (χ2v) is 8.20. The Hall–Kier alpha value is -2.43. The Morgan fingerprint density at radius 2 is 2.00 bits per heavy atom. The highest BCUT2D eigenvalue weighted by molar-refractivity contribution is 7.89. The van der Waals surface area contributed by atoms with Crippen molar-refractivity contribution in [1.29, 1.82) is 5.26 Å². The maximum absolute atomic E-state index is 12.5. The highest BCUT2D eigenvalue weighted by Gasteiger charge is 2.28. The minimum absolute atomic E-state index is 0.120. The first-order valence-corrected chi connectivity index (χ1v) is 10.1. The van der Waals surface area contributed by atoms with Crippen LogP contribution in [-0.4, -0.2) is 24.2 Å². The van der Waals surface area contributed by atoms with Crippen molar-refractivity contribution in [1.82, 2.24) is 14.5 Å². The summed E-state index contributed by atoms with van der Waals surface area (Å²) in [6.07, 6.45) is 5.04. The standard InChI is InChI=1S/C19H22N4O2S/c1-14-19(15(2)23(21-14)12-6-11-20)16-9-10-17(13-16)22-26(24,25)18-7-4-3-5-8-18/h3-5,7-10,16-17,22H,6,12-13H2,1-2H3/t16-,17-/m1/s1. The van der Waals surface area contributed by atoms with E-state index in [1.54, 1.807) is 30.3 Å². The SMILES string of the molecule is Cc1nn(CCC#N)c(C)c1[C@@H]1C=C[C@@H](NS(=O)(=O)c2ccccc2)C1. The zero-order valence-electron chi connectivity index (χ0n) is 14.9. The number of benzene rings is 1. The van der Waals surface area contributed by atoms with Gasteiger partial charge in [0.05, 0.1) is 29.6 Å². The molecule has 26 heavy (non-hydrogen) atoms. The molecular weight excluding hydrogens is 348 g/mol. The molecule has 1 aromatic carbocycles. The highest BCUT2D eigenvalue weighted by atomic mass is 32.2. The van der Waals surface area contributed by atoms with E-state index in [1.807, 2.05) is 30.7 Å². The number of rotatable bonds is 6. The van der Waals surface area contributed by atoms with Crippen molar-refractivity contribution in [3.05, 3.63) is 59.4 Å². The van der Waals surface area contributed by atoms with Crippen LogP contribution in [0.5, 0.6) is 0 Å². The second kappa shape index (κ2) is 7.44. The summed E-state index contributed by atoms with van der Waals surface area (Å²) in [6.45, 7) is 4.53. The lowest BCUT2D eigenvalue weighted by Crippen LogP contribution is -2.32. The molecule has 1 aromatic heterocycles. The molecule has 0 radical (unpaired) electrons. The first kappa shape index (κ1) is 18.4. The number of nitriles is 1. The Kier molecular flexibility index (Phi) is 5.25. The maximum Gasteiger partial charge on any atom is 0.241 e. The van der Waals surface area contributed by atoms with Crippen LogP contribution in [0.25, 0.3) is 0 Å². The summed E-state index contributed by atoms with van der Waals surface area (Å²) >= 11 is 0. The van der Waals surface area contributed by atoms with Crippen molar-refractivity contribution in [2.24, 2.45) is 0 Å². The van der Waals surface area contributed by atoms with Crippen LogP contribution in [0.2, 0.25) is 0 Å². The molecule has 6 nitrogen and oxygen atoms in total. The molecule has 1 aliphatic carbocycles. The van der Waals surface area contributed by atoms with Gasteiger partial charge in [0.1, 0.15) is 0 Å². The lowest BCUT2D eigenvalue weighted by atomic mass is 9.96. The Bertz CT molecular complexity index is 955. The Balaban J connectivity index is 1.73. The van der Waals surface area contributed by atoms with E-state index in [2.05, 4.69) is 15.9 Å². The summed E-state index contributed by atoms with van der Waals surface area (Å²) in [6, 6.07) is 10.3. The average molecular weight is 370 g/mol. The van der Waals surface area contributed by atoms with Gasteiger partial charge in [0.15, 0.2) is 0 Å². The first-order valence-electron chi connectivity index (χ1n) is 8.59. The molecule has 0 unspecified atom stereocenters. The zero-order chi connectivity index (χ0) is 18.7. The van der Waals surface area contributed by atoms with Crippen LogP contribution in [0.15, 0.2) is 47.4 Å². The van der Waals surface area contributed by atoms with E-state index < -0.39 is 10.0 Å². The van der Waals surface area contributed by atoms with Crippen molar-refractivity contribution >= 4 is 10.0 Å². The summed E-state index contributed by atoms with van der Waals surface area (Å²) in [5, 5.41) is 13.3. The fourth-order valence-corrected chi connectivity index (χ4v) is 4.71. The largest absolute Gasteiger partial charge is 0.268 e. The molecule has 2 aromatic rings. The summed E-state index contributed by atoms with van der Waals surface area (Å²) in [4.78, 5) is 0.272. The van der Waals surface area contributed by atoms with Gasteiger partial charge in [0, 0.05) is 23.2 Å². The molecule has 0 saturated carbocycles. The molecule has 1 aliphatic rings. The van der Waals surface area contributed by atoms with Crippen molar-refractivity contribution in [3.63, 3.8) is 0 Å². The van der Waals surface area contributed by atoms with E-state index in [0.29, 0.717) is 19.4 Å². The molecule has 136 valence electrons. The Morgan fingerprint density at radius 3 is 2.69 bits per heavy atom. The number of hydrogen-bond acceptors (Lipinski definition) is 4. The normalized spacial score (nSPS) is 19.6. The molecule has 0 spiro atoms. The summed E-state index contributed by atoms with van der Waals surface area (Å²) in [5.41, 5.74) is 3.10. The van der Waals surface area contributed by atoms with Gasteiger partial charge >= 0.3 is 0 Å². The third-order valence-corrected chi connectivity index (χ3v) is 6.19. The third kappa shape index (κ3) is 3.71. The van der Waals surface area contributed by atoms with Gasteiger partial charge in [0.2, 0.25) is 10.0 Å². The summed E-state index contributed by atoms with van der Waals surface area (Å²) in [7, 11) is -3.53. The van der Waals surface area contributed by atoms with E-state index in [-0.39, 0.29) is 16.9 Å². The molecular formula is C19H22N4O2S. The smallest absolute Gasteiger partial charge is 0.241 e. The minimum atomic E-state index is -3.53. The van der Waals surface area contributed by atoms with Crippen LogP contribution in [-0.2, 0) is 16.6 Å². The number of nitrogens with one attached hydrogen (secondary N) is 1. The van der Waals surface area contributed by atoms with Crippen LogP contribution < -0.4 is 4.72 Å². The molecule has 3 rings (SSSR count). The molecule has 1 heterocycles. The number of nitrogens with zero attached hydrogens (tertiary/aromatic N) is 3. The Morgan fingerprint density at radius 1 is 1.27 bits per heavy atom. The lowest BCUT2D eigenvalue weighted by molar-refractivity contribution is 0.563. The summed E-state index contributed by atoms with van der Waals surface area (Å²) < 4.78 is 29.6. The van der Waals surface area contributed by atoms with Gasteiger partial charge < -0.3 is 0 Å². The van der Waals surface area contributed by atoms with E-state index in [0.717, 1.165) is 17.0 Å². The third-order valence-electron chi connectivity index (χ3n) is 4.69. The monoisotopic (exact) mass is 370 g/mol. The topological polar surface area (TPSA) is 87.8 Å². The minimum Gasteiger partial charge on any atom is -0.268 e. The summed E-state index contributed by atoms with van der Waals surface area (Å²) in [5.74, 6) is 0.120. The number of sulfonamides is 1. The number of allylic oxidation sites excluding steroid dienone is 1. The van der Waals surface area contributed by atoms with Crippen LogP contribution in [0.4, 0.5) is 0 Å². The Labute approximate surface area is 154 Å². The van der Waals surface area contributed by atoms with Gasteiger partial charge in [-0.05, 0) is 32.4 Å². The first-order chi connectivity index (χ1) is 12.4. The molecule has 0 saturated heterocycles. The van der Waals surface area contributed by atoms with E-state index in [1.165, 1.54) is 0 Å².